The number of rotatable bonds is 6. The minimum absolute atomic E-state index is 0.0249. The summed E-state index contributed by atoms with van der Waals surface area (Å²) in [5.41, 5.74) is 2.62. The summed E-state index contributed by atoms with van der Waals surface area (Å²) in [4.78, 5) is 17.3. The molecular formula is C14H22N2O2S. The number of nitrogens with one attached hydrogen (secondary N) is 1. The molecule has 1 saturated carbocycles. The number of aromatic nitrogens is 1. The second-order valence-electron chi connectivity index (χ2n) is 6.24. The van der Waals surface area contributed by atoms with Gasteiger partial charge in [-0.15, -0.1) is 11.3 Å². The Morgan fingerprint density at radius 3 is 2.89 bits per heavy atom. The molecule has 0 spiro atoms. The highest BCUT2D eigenvalue weighted by Crippen LogP contribution is 2.41. The molecule has 1 fully saturated rings. The molecule has 1 unspecified atom stereocenters. The number of nitrogens with zero attached hydrogens (tertiary/aromatic N) is 1. The van der Waals surface area contributed by atoms with Crippen LogP contribution in [0.3, 0.4) is 0 Å². The van der Waals surface area contributed by atoms with E-state index < -0.39 is 0 Å². The first-order valence-electron chi connectivity index (χ1n) is 6.79. The van der Waals surface area contributed by atoms with Gasteiger partial charge in [-0.3, -0.25) is 4.79 Å². The molecular weight excluding hydrogens is 260 g/mol. The third-order valence-electron chi connectivity index (χ3n) is 3.34. The quantitative estimate of drug-likeness (QED) is 0.843. The van der Waals surface area contributed by atoms with Crippen LogP contribution in [0.4, 0.5) is 0 Å². The number of amides is 1. The number of hydrogen-bond acceptors (Lipinski definition) is 4. The van der Waals surface area contributed by atoms with Gasteiger partial charge in [-0.05, 0) is 31.6 Å². The molecule has 4 nitrogen and oxygen atoms in total. The molecule has 1 aliphatic carbocycles. The van der Waals surface area contributed by atoms with E-state index in [2.05, 4.69) is 24.1 Å². The number of thiazole rings is 1. The van der Waals surface area contributed by atoms with Crippen molar-refractivity contribution in [2.45, 2.75) is 52.1 Å². The molecule has 2 N–H and O–H groups in total. The van der Waals surface area contributed by atoms with E-state index >= 15 is 0 Å². The molecule has 1 aromatic rings. The van der Waals surface area contributed by atoms with Crippen molar-refractivity contribution in [2.24, 2.45) is 5.41 Å². The van der Waals surface area contributed by atoms with Crippen molar-refractivity contribution in [3.05, 3.63) is 16.1 Å². The van der Waals surface area contributed by atoms with Gasteiger partial charge in [0, 0.05) is 12.5 Å². The van der Waals surface area contributed by atoms with Crippen molar-refractivity contribution >= 4 is 17.2 Å². The van der Waals surface area contributed by atoms with Gasteiger partial charge in [-0.1, -0.05) is 13.8 Å². The Morgan fingerprint density at radius 2 is 2.32 bits per heavy atom. The summed E-state index contributed by atoms with van der Waals surface area (Å²) >= 11 is 1.42. The average molecular weight is 282 g/mol. The number of hydrogen-bond donors (Lipinski definition) is 2. The summed E-state index contributed by atoms with van der Waals surface area (Å²) in [6.07, 6.45) is 2.62. The highest BCUT2D eigenvalue weighted by Gasteiger charge is 2.31. The highest BCUT2D eigenvalue weighted by atomic mass is 32.1. The van der Waals surface area contributed by atoms with E-state index in [0.717, 1.165) is 23.4 Å². The molecule has 106 valence electrons. The third-order valence-corrected chi connectivity index (χ3v) is 4.18. The first-order valence-corrected chi connectivity index (χ1v) is 7.67. The van der Waals surface area contributed by atoms with E-state index in [0.29, 0.717) is 18.9 Å². The fourth-order valence-corrected chi connectivity index (χ4v) is 3.13. The summed E-state index contributed by atoms with van der Waals surface area (Å²) in [5.74, 6) is 0.473. The number of aliphatic hydroxyl groups excluding tert-OH is 1. The van der Waals surface area contributed by atoms with Gasteiger partial charge < -0.3 is 10.4 Å². The van der Waals surface area contributed by atoms with Crippen LogP contribution in [0.25, 0.3) is 0 Å². The molecule has 2 rings (SSSR count). The van der Waals surface area contributed by atoms with Crippen LogP contribution in [0.2, 0.25) is 0 Å². The van der Waals surface area contributed by atoms with Crippen LogP contribution in [-0.2, 0) is 0 Å². The van der Waals surface area contributed by atoms with Crippen LogP contribution in [0.1, 0.15) is 61.3 Å². The van der Waals surface area contributed by atoms with Crippen LogP contribution in [0, 0.1) is 5.41 Å². The van der Waals surface area contributed by atoms with Gasteiger partial charge in [-0.2, -0.15) is 0 Å². The second-order valence-corrected chi connectivity index (χ2v) is 7.10. The zero-order valence-electron chi connectivity index (χ0n) is 11.8. The van der Waals surface area contributed by atoms with E-state index in [1.807, 2.05) is 0 Å². The van der Waals surface area contributed by atoms with Crippen LogP contribution < -0.4 is 5.32 Å². The van der Waals surface area contributed by atoms with Gasteiger partial charge in [0.25, 0.3) is 5.91 Å². The Kier molecular flexibility index (Phi) is 4.26. The lowest BCUT2D eigenvalue weighted by Gasteiger charge is -2.26. The molecule has 0 radical (unpaired) electrons. The van der Waals surface area contributed by atoms with Crippen molar-refractivity contribution in [1.29, 1.82) is 0 Å². The molecule has 5 heteroatoms. The monoisotopic (exact) mass is 282 g/mol. The third kappa shape index (κ3) is 4.01. The zero-order valence-corrected chi connectivity index (χ0v) is 12.6. The fraction of sp³-hybridized carbons (Fsp3) is 0.714. The maximum absolute atomic E-state index is 12.2. The Morgan fingerprint density at radius 1 is 1.63 bits per heavy atom. The summed E-state index contributed by atoms with van der Waals surface area (Å²) < 4.78 is 0. The molecule has 19 heavy (non-hydrogen) atoms. The van der Waals surface area contributed by atoms with Crippen LogP contribution >= 0.6 is 11.3 Å². The van der Waals surface area contributed by atoms with Crippen molar-refractivity contribution in [1.82, 2.24) is 10.3 Å². The molecule has 0 aromatic carbocycles. The smallest absolute Gasteiger partial charge is 0.263 e. The Hall–Kier alpha value is -0.940. The second kappa shape index (κ2) is 5.59. The minimum Gasteiger partial charge on any atom is -0.393 e. The van der Waals surface area contributed by atoms with E-state index in [1.54, 1.807) is 12.4 Å². The standard InChI is InChI=1S/C14H22N2O2S/c1-9(17)6-14(2,3)7-15-13(18)12-11(10-4-5-10)16-8-19-12/h8-10,17H,4-7H2,1-3H3,(H,15,18). The number of carbonyl (C=O) groups is 1. The summed E-state index contributed by atoms with van der Waals surface area (Å²) in [7, 11) is 0. The van der Waals surface area contributed by atoms with Crippen molar-refractivity contribution in [3.8, 4) is 0 Å². The summed E-state index contributed by atoms with van der Waals surface area (Å²) in [5, 5.41) is 12.4. The molecule has 1 amide bonds. The fourth-order valence-electron chi connectivity index (χ4n) is 2.34. The highest BCUT2D eigenvalue weighted by molar-refractivity contribution is 7.11. The SMILES string of the molecule is CC(O)CC(C)(C)CNC(=O)c1scnc1C1CC1. The molecule has 1 aromatic heterocycles. The molecule has 1 atom stereocenters. The first-order chi connectivity index (χ1) is 8.89. The lowest BCUT2D eigenvalue weighted by Crippen LogP contribution is -2.35. The first kappa shape index (κ1) is 14.5. The van der Waals surface area contributed by atoms with Crippen LogP contribution in [0.5, 0.6) is 0 Å². The zero-order chi connectivity index (χ0) is 14.0. The van der Waals surface area contributed by atoms with Crippen molar-refractivity contribution in [2.75, 3.05) is 6.54 Å². The lowest BCUT2D eigenvalue weighted by atomic mass is 9.87. The normalized spacial score (nSPS) is 17.3. The number of aliphatic hydroxyl groups is 1. The Labute approximate surface area is 118 Å². The minimum atomic E-state index is -0.350. The molecule has 1 heterocycles. The van der Waals surface area contributed by atoms with Crippen LogP contribution in [-0.4, -0.2) is 28.6 Å². The van der Waals surface area contributed by atoms with E-state index in [9.17, 15) is 9.90 Å². The molecule has 0 aliphatic heterocycles. The summed E-state index contributed by atoms with van der Waals surface area (Å²) in [6.45, 7) is 6.44. The van der Waals surface area contributed by atoms with Gasteiger partial charge in [0.1, 0.15) is 4.88 Å². The van der Waals surface area contributed by atoms with Gasteiger partial charge >= 0.3 is 0 Å². The van der Waals surface area contributed by atoms with Gasteiger partial charge in [0.15, 0.2) is 0 Å². The van der Waals surface area contributed by atoms with Crippen molar-refractivity contribution < 1.29 is 9.90 Å². The van der Waals surface area contributed by atoms with Crippen LogP contribution in [0.15, 0.2) is 5.51 Å². The largest absolute Gasteiger partial charge is 0.393 e. The Bertz CT molecular complexity index is 450. The maximum Gasteiger partial charge on any atom is 0.263 e. The van der Waals surface area contributed by atoms with Gasteiger partial charge in [-0.25, -0.2) is 4.98 Å². The maximum atomic E-state index is 12.2. The predicted octanol–water partition coefficient (Wildman–Crippen LogP) is 2.55. The Balaban J connectivity index is 1.92. The van der Waals surface area contributed by atoms with E-state index in [4.69, 9.17) is 0 Å². The predicted molar refractivity (Wildman–Crippen MR) is 76.5 cm³/mol. The number of carbonyl (C=O) groups excluding carboxylic acids is 1. The molecule has 0 saturated heterocycles. The topological polar surface area (TPSA) is 62.2 Å². The van der Waals surface area contributed by atoms with E-state index in [1.165, 1.54) is 11.3 Å². The summed E-state index contributed by atoms with van der Waals surface area (Å²) in [6, 6.07) is 0. The van der Waals surface area contributed by atoms with E-state index in [-0.39, 0.29) is 17.4 Å². The van der Waals surface area contributed by atoms with Gasteiger partial charge in [0.05, 0.1) is 17.3 Å². The average Bonchev–Trinajstić information content (AvgIpc) is 3.02. The van der Waals surface area contributed by atoms with Crippen molar-refractivity contribution in [3.63, 3.8) is 0 Å². The van der Waals surface area contributed by atoms with Gasteiger partial charge in [0.2, 0.25) is 0 Å². The lowest BCUT2D eigenvalue weighted by molar-refractivity contribution is 0.0904. The molecule has 1 aliphatic rings. The molecule has 0 bridgehead atoms.